The summed E-state index contributed by atoms with van der Waals surface area (Å²) in [5, 5.41) is 0.736. The molecular formula is C30H40ClN3O5S. The minimum atomic E-state index is -1.63. The van der Waals surface area contributed by atoms with Gasteiger partial charge in [-0.2, -0.15) is 12.6 Å². The van der Waals surface area contributed by atoms with E-state index < -0.39 is 16.6 Å². The molecule has 2 aromatic rings. The Morgan fingerprint density at radius 2 is 1.65 bits per heavy atom. The maximum Gasteiger partial charge on any atom is 0.331 e. The fraction of sp³-hybridized carbons (Fsp3) is 0.500. The zero-order valence-corrected chi connectivity index (χ0v) is 25.4. The van der Waals surface area contributed by atoms with E-state index in [9.17, 15) is 14.4 Å². The fourth-order valence-electron chi connectivity index (χ4n) is 4.58. The van der Waals surface area contributed by atoms with Crippen LogP contribution in [0.15, 0.2) is 48.5 Å². The monoisotopic (exact) mass is 589 g/mol. The summed E-state index contributed by atoms with van der Waals surface area (Å²) in [5.41, 5.74) is 2.34. The Hall–Kier alpha value is -2.59. The van der Waals surface area contributed by atoms with E-state index in [0.29, 0.717) is 24.3 Å². The average molecular weight is 590 g/mol. The predicted molar refractivity (Wildman–Crippen MR) is 161 cm³/mol. The van der Waals surface area contributed by atoms with Gasteiger partial charge in [0.1, 0.15) is 0 Å². The van der Waals surface area contributed by atoms with E-state index in [1.165, 1.54) is 17.6 Å². The number of nitrogens with zero attached hydrogens (tertiary/aromatic N) is 3. The number of rotatable bonds is 12. The molecule has 1 saturated heterocycles. The van der Waals surface area contributed by atoms with Crippen molar-refractivity contribution in [2.24, 2.45) is 0 Å². The predicted octanol–water partition coefficient (Wildman–Crippen LogP) is 4.35. The van der Waals surface area contributed by atoms with Crippen molar-refractivity contribution in [1.82, 2.24) is 9.80 Å². The van der Waals surface area contributed by atoms with Gasteiger partial charge in [-0.15, -0.1) is 0 Å². The van der Waals surface area contributed by atoms with Gasteiger partial charge in [0.2, 0.25) is 0 Å². The first-order valence-corrected chi connectivity index (χ1v) is 14.5. The van der Waals surface area contributed by atoms with Gasteiger partial charge >= 0.3 is 5.97 Å². The number of benzene rings is 2. The Kier molecular flexibility index (Phi) is 11.9. The number of methoxy groups -OCH3 is 1. The molecular weight excluding hydrogens is 550 g/mol. The highest BCUT2D eigenvalue weighted by Gasteiger charge is 2.45. The van der Waals surface area contributed by atoms with Crippen LogP contribution in [-0.2, 0) is 25.5 Å². The molecule has 1 fully saturated rings. The van der Waals surface area contributed by atoms with Crippen LogP contribution in [-0.4, -0.2) is 91.4 Å². The second kappa shape index (κ2) is 14.9. The van der Waals surface area contributed by atoms with Gasteiger partial charge in [-0.25, -0.2) is 0 Å². The molecule has 1 aliphatic rings. The highest BCUT2D eigenvalue weighted by atomic mass is 35.5. The minimum absolute atomic E-state index is 0.0117. The largest absolute Gasteiger partial charge is 0.468 e. The van der Waals surface area contributed by atoms with Crippen LogP contribution in [0, 0.1) is 0 Å². The smallest absolute Gasteiger partial charge is 0.331 e. The van der Waals surface area contributed by atoms with E-state index in [4.69, 9.17) is 21.1 Å². The molecule has 1 unspecified atom stereocenters. The summed E-state index contributed by atoms with van der Waals surface area (Å²) in [6.07, 6.45) is 1.08. The molecule has 218 valence electrons. The number of halogens is 1. The SMILES string of the molecule is CCC(S)(C(=O)OC)C(=O)N(CCOC(C)C)c1ccc(C(=O)N2CCN(CCc3ccc(Cl)cc3)CC2)cc1. The van der Waals surface area contributed by atoms with Gasteiger partial charge in [-0.3, -0.25) is 19.3 Å². The van der Waals surface area contributed by atoms with Crippen molar-refractivity contribution < 1.29 is 23.9 Å². The maximum absolute atomic E-state index is 13.5. The lowest BCUT2D eigenvalue weighted by Gasteiger charge is -2.35. The molecule has 0 aliphatic carbocycles. The van der Waals surface area contributed by atoms with Gasteiger partial charge in [0.15, 0.2) is 4.75 Å². The van der Waals surface area contributed by atoms with Gasteiger partial charge in [0.25, 0.3) is 11.8 Å². The summed E-state index contributed by atoms with van der Waals surface area (Å²) in [4.78, 5) is 44.9. The van der Waals surface area contributed by atoms with Crippen LogP contribution in [0.4, 0.5) is 5.69 Å². The number of ether oxygens (including phenoxy) is 2. The Balaban J connectivity index is 1.64. The molecule has 0 aromatic heterocycles. The van der Waals surface area contributed by atoms with Crippen molar-refractivity contribution in [3.05, 3.63) is 64.7 Å². The van der Waals surface area contributed by atoms with Crippen molar-refractivity contribution in [3.63, 3.8) is 0 Å². The zero-order valence-electron chi connectivity index (χ0n) is 23.8. The third-order valence-corrected chi connectivity index (χ3v) is 8.06. The molecule has 2 aromatic carbocycles. The summed E-state index contributed by atoms with van der Waals surface area (Å²) in [5.74, 6) is -1.25. The molecule has 0 radical (unpaired) electrons. The first kappa shape index (κ1) is 31.9. The summed E-state index contributed by atoms with van der Waals surface area (Å²) in [7, 11) is 1.24. The summed E-state index contributed by atoms with van der Waals surface area (Å²) in [6.45, 7) is 9.89. The lowest BCUT2D eigenvalue weighted by Crippen LogP contribution is -2.52. The molecule has 3 rings (SSSR count). The molecule has 1 atom stereocenters. The lowest BCUT2D eigenvalue weighted by molar-refractivity contribution is -0.147. The molecule has 2 amide bonds. The second-order valence-corrected chi connectivity index (χ2v) is 11.3. The van der Waals surface area contributed by atoms with Crippen LogP contribution >= 0.6 is 24.2 Å². The topological polar surface area (TPSA) is 79.4 Å². The van der Waals surface area contributed by atoms with Crippen molar-refractivity contribution in [3.8, 4) is 0 Å². The van der Waals surface area contributed by atoms with Crippen molar-refractivity contribution in [2.75, 3.05) is 57.9 Å². The molecule has 10 heteroatoms. The number of thiol groups is 1. The maximum atomic E-state index is 13.5. The van der Waals surface area contributed by atoms with Gasteiger partial charge in [-0.1, -0.05) is 30.7 Å². The highest BCUT2D eigenvalue weighted by Crippen LogP contribution is 2.28. The minimum Gasteiger partial charge on any atom is -0.468 e. The van der Waals surface area contributed by atoms with Crippen LogP contribution < -0.4 is 4.90 Å². The number of carbonyl (C=O) groups excluding carboxylic acids is 3. The normalized spacial score (nSPS) is 15.5. The summed E-state index contributed by atoms with van der Waals surface area (Å²) < 4.78 is 8.91. The Morgan fingerprint density at radius 3 is 2.20 bits per heavy atom. The van der Waals surface area contributed by atoms with Crippen molar-refractivity contribution >= 4 is 47.7 Å². The quantitative estimate of drug-likeness (QED) is 0.225. The van der Waals surface area contributed by atoms with Crippen LogP contribution in [0.3, 0.4) is 0 Å². The first-order chi connectivity index (χ1) is 19.1. The number of anilines is 1. The van der Waals surface area contributed by atoms with Crippen LogP contribution in [0.25, 0.3) is 0 Å². The second-order valence-electron chi connectivity index (χ2n) is 10.1. The van der Waals surface area contributed by atoms with Gasteiger partial charge in [-0.05, 0) is 68.7 Å². The van der Waals surface area contributed by atoms with Gasteiger partial charge < -0.3 is 19.3 Å². The third-order valence-electron chi connectivity index (χ3n) is 7.12. The molecule has 0 N–H and O–H groups in total. The van der Waals surface area contributed by atoms with E-state index in [2.05, 4.69) is 17.5 Å². The number of esters is 1. The average Bonchev–Trinajstić information content (AvgIpc) is 2.97. The molecule has 8 nitrogen and oxygen atoms in total. The van der Waals surface area contributed by atoms with E-state index in [1.807, 2.05) is 43.0 Å². The van der Waals surface area contributed by atoms with Crippen LogP contribution in [0.2, 0.25) is 5.02 Å². The molecule has 1 aliphatic heterocycles. The fourth-order valence-corrected chi connectivity index (χ4v) is 4.92. The van der Waals surface area contributed by atoms with Crippen molar-refractivity contribution in [2.45, 2.75) is 44.5 Å². The number of carbonyl (C=O) groups is 3. The molecule has 0 bridgehead atoms. The zero-order chi connectivity index (χ0) is 29.3. The third kappa shape index (κ3) is 8.22. The van der Waals surface area contributed by atoms with Crippen molar-refractivity contribution in [1.29, 1.82) is 0 Å². The molecule has 40 heavy (non-hydrogen) atoms. The van der Waals surface area contributed by atoms with E-state index in [1.54, 1.807) is 31.2 Å². The first-order valence-electron chi connectivity index (χ1n) is 13.7. The number of hydrogen-bond donors (Lipinski definition) is 1. The Morgan fingerprint density at radius 1 is 1.02 bits per heavy atom. The summed E-state index contributed by atoms with van der Waals surface area (Å²) >= 11 is 10.4. The molecule has 0 spiro atoms. The van der Waals surface area contributed by atoms with Gasteiger partial charge in [0.05, 0.1) is 19.8 Å². The number of piperazine rings is 1. The standard InChI is InChI=1S/C30H40ClN3O5S/c1-5-30(40,29(37)38-4)28(36)34(20-21-39-22(2)3)26-12-8-24(9-13-26)27(35)33-18-16-32(17-19-33)15-14-23-6-10-25(31)11-7-23/h6-13,22,40H,5,14-21H2,1-4H3. The van der Waals surface area contributed by atoms with Crippen LogP contribution in [0.1, 0.15) is 43.1 Å². The van der Waals surface area contributed by atoms with Crippen LogP contribution in [0.5, 0.6) is 0 Å². The number of amides is 2. The highest BCUT2D eigenvalue weighted by molar-refractivity contribution is 7.83. The van der Waals surface area contributed by atoms with Gasteiger partial charge in [0, 0.05) is 55.5 Å². The van der Waals surface area contributed by atoms with E-state index >= 15 is 0 Å². The summed E-state index contributed by atoms with van der Waals surface area (Å²) in [6, 6.07) is 14.8. The molecule has 1 heterocycles. The van der Waals surface area contributed by atoms with E-state index in [-0.39, 0.29) is 31.6 Å². The Labute approximate surface area is 248 Å². The molecule has 0 saturated carbocycles. The number of hydrogen-bond acceptors (Lipinski definition) is 7. The Bertz CT molecular complexity index is 1140. The van der Waals surface area contributed by atoms with E-state index in [0.717, 1.165) is 31.1 Å². The lowest BCUT2D eigenvalue weighted by atomic mass is 10.0.